The molecule has 0 bridgehead atoms. The third-order valence-electron chi connectivity index (χ3n) is 3.38. The third kappa shape index (κ3) is 1.69. The molecule has 0 nitrogen and oxygen atoms in total. The van der Waals surface area contributed by atoms with Crippen molar-refractivity contribution < 1.29 is 0 Å². The Labute approximate surface area is 88.9 Å². The SMILES string of the molecule is Cc1cccc([SiH2]C2=CC2(C)C)c1C. The average molecular weight is 202 g/mol. The first-order valence-electron chi connectivity index (χ1n) is 5.28. The van der Waals surface area contributed by atoms with E-state index in [1.54, 1.807) is 10.4 Å². The lowest BCUT2D eigenvalue weighted by molar-refractivity contribution is 0.722. The molecule has 0 atom stereocenters. The van der Waals surface area contributed by atoms with Gasteiger partial charge in [0.25, 0.3) is 0 Å². The van der Waals surface area contributed by atoms with E-state index >= 15 is 0 Å². The minimum atomic E-state index is -0.159. The summed E-state index contributed by atoms with van der Waals surface area (Å²) in [5, 5.41) is 3.35. The summed E-state index contributed by atoms with van der Waals surface area (Å²) >= 11 is 0. The van der Waals surface area contributed by atoms with Crippen molar-refractivity contribution in [3.63, 3.8) is 0 Å². The summed E-state index contributed by atoms with van der Waals surface area (Å²) in [6, 6.07) is 6.71. The Morgan fingerprint density at radius 3 is 2.36 bits per heavy atom. The van der Waals surface area contributed by atoms with Crippen LogP contribution < -0.4 is 5.19 Å². The van der Waals surface area contributed by atoms with Gasteiger partial charge in [-0.05, 0) is 30.4 Å². The van der Waals surface area contributed by atoms with Crippen molar-refractivity contribution in [1.29, 1.82) is 0 Å². The molecule has 0 fully saturated rings. The second kappa shape index (κ2) is 3.09. The van der Waals surface area contributed by atoms with E-state index < -0.39 is 0 Å². The van der Waals surface area contributed by atoms with Crippen molar-refractivity contribution in [3.05, 3.63) is 40.6 Å². The van der Waals surface area contributed by atoms with E-state index in [9.17, 15) is 0 Å². The number of hydrogen-bond acceptors (Lipinski definition) is 0. The molecule has 2 rings (SSSR count). The molecule has 1 aliphatic rings. The molecule has 1 aromatic carbocycles. The number of aryl methyl sites for hydroxylation is 1. The van der Waals surface area contributed by atoms with Crippen LogP contribution >= 0.6 is 0 Å². The van der Waals surface area contributed by atoms with Crippen molar-refractivity contribution in [2.75, 3.05) is 0 Å². The lowest BCUT2D eigenvalue weighted by Gasteiger charge is -2.08. The standard InChI is InChI=1S/C13H18Si/c1-9-6-5-7-11(10(9)2)14-12-8-13(12,3)4/h5-8H,14H2,1-4H3. The van der Waals surface area contributed by atoms with Crippen LogP contribution in [0.3, 0.4) is 0 Å². The van der Waals surface area contributed by atoms with E-state index in [0.717, 1.165) is 0 Å². The topological polar surface area (TPSA) is 0 Å². The third-order valence-corrected chi connectivity index (χ3v) is 6.02. The number of rotatable bonds is 2. The van der Waals surface area contributed by atoms with Gasteiger partial charge in [0.15, 0.2) is 0 Å². The maximum atomic E-state index is 2.43. The van der Waals surface area contributed by atoms with Gasteiger partial charge in [0, 0.05) is 0 Å². The van der Waals surface area contributed by atoms with Crippen LogP contribution in [-0.2, 0) is 0 Å². The molecule has 1 aromatic rings. The van der Waals surface area contributed by atoms with Gasteiger partial charge in [-0.15, -0.1) is 0 Å². The predicted octanol–water partition coefficient (Wildman–Crippen LogP) is 2.02. The minimum absolute atomic E-state index is 0.159. The van der Waals surface area contributed by atoms with Gasteiger partial charge in [-0.1, -0.05) is 48.5 Å². The summed E-state index contributed by atoms with van der Waals surface area (Å²) in [4.78, 5) is 0. The quantitative estimate of drug-likeness (QED) is 0.644. The number of benzene rings is 1. The van der Waals surface area contributed by atoms with Gasteiger partial charge in [0.1, 0.15) is 0 Å². The summed E-state index contributed by atoms with van der Waals surface area (Å²) in [7, 11) is -0.159. The van der Waals surface area contributed by atoms with Crippen LogP contribution in [-0.4, -0.2) is 9.52 Å². The lowest BCUT2D eigenvalue weighted by atomic mass is 10.1. The normalized spacial score (nSPS) is 18.7. The summed E-state index contributed by atoms with van der Waals surface area (Å²) in [5.74, 6) is 0. The molecular weight excluding hydrogens is 184 g/mol. The Bertz CT molecular complexity index is 400. The molecule has 0 aliphatic heterocycles. The van der Waals surface area contributed by atoms with Crippen molar-refractivity contribution in [2.45, 2.75) is 27.7 Å². The number of allylic oxidation sites excluding steroid dienone is 2. The second-order valence-electron chi connectivity index (χ2n) is 4.93. The molecule has 0 spiro atoms. The molecule has 0 saturated carbocycles. The van der Waals surface area contributed by atoms with Gasteiger partial charge < -0.3 is 0 Å². The molecule has 1 heteroatoms. The monoisotopic (exact) mass is 202 g/mol. The van der Waals surface area contributed by atoms with Crippen LogP contribution in [0, 0.1) is 19.3 Å². The predicted molar refractivity (Wildman–Crippen MR) is 66.0 cm³/mol. The highest BCUT2D eigenvalue weighted by atomic mass is 28.2. The second-order valence-corrected chi connectivity index (χ2v) is 6.80. The maximum Gasteiger partial charge on any atom is 0.0835 e. The molecule has 0 radical (unpaired) electrons. The maximum absolute atomic E-state index is 2.43. The highest BCUT2D eigenvalue weighted by molar-refractivity contribution is 6.63. The number of hydrogen-bond donors (Lipinski definition) is 0. The first-order valence-corrected chi connectivity index (χ1v) is 6.69. The molecule has 0 saturated heterocycles. The van der Waals surface area contributed by atoms with Crippen molar-refractivity contribution in [1.82, 2.24) is 0 Å². The summed E-state index contributed by atoms with van der Waals surface area (Å²) in [5.41, 5.74) is 3.42. The van der Waals surface area contributed by atoms with Crippen molar-refractivity contribution in [2.24, 2.45) is 5.41 Å². The van der Waals surface area contributed by atoms with Crippen LogP contribution in [0.25, 0.3) is 0 Å². The van der Waals surface area contributed by atoms with Crippen LogP contribution in [0.15, 0.2) is 29.5 Å². The molecule has 0 unspecified atom stereocenters. The van der Waals surface area contributed by atoms with E-state index in [1.807, 2.05) is 0 Å². The Balaban J connectivity index is 2.19. The zero-order valence-corrected chi connectivity index (χ0v) is 10.9. The van der Waals surface area contributed by atoms with E-state index in [1.165, 1.54) is 11.1 Å². The fraction of sp³-hybridized carbons (Fsp3) is 0.385. The highest BCUT2D eigenvalue weighted by Crippen LogP contribution is 2.41. The lowest BCUT2D eigenvalue weighted by Crippen LogP contribution is -2.19. The van der Waals surface area contributed by atoms with Crippen LogP contribution in [0.5, 0.6) is 0 Å². The van der Waals surface area contributed by atoms with Crippen LogP contribution in [0.4, 0.5) is 0 Å². The van der Waals surface area contributed by atoms with E-state index in [0.29, 0.717) is 5.41 Å². The highest BCUT2D eigenvalue weighted by Gasteiger charge is 2.33. The first kappa shape index (κ1) is 9.72. The van der Waals surface area contributed by atoms with E-state index in [2.05, 4.69) is 52.0 Å². The summed E-state index contributed by atoms with van der Waals surface area (Å²) in [6.07, 6.45) is 2.43. The zero-order chi connectivity index (χ0) is 10.3. The molecular formula is C13H18Si. The van der Waals surface area contributed by atoms with Crippen LogP contribution in [0.2, 0.25) is 0 Å². The fourth-order valence-corrected chi connectivity index (χ4v) is 4.16. The molecule has 0 heterocycles. The molecule has 74 valence electrons. The first-order chi connectivity index (χ1) is 6.50. The molecule has 1 aliphatic carbocycles. The minimum Gasteiger partial charge on any atom is -0.0793 e. The van der Waals surface area contributed by atoms with E-state index in [4.69, 9.17) is 0 Å². The smallest absolute Gasteiger partial charge is 0.0793 e. The van der Waals surface area contributed by atoms with Gasteiger partial charge in [-0.3, -0.25) is 0 Å². The van der Waals surface area contributed by atoms with Gasteiger partial charge in [-0.2, -0.15) is 0 Å². The molecule has 0 aromatic heterocycles. The Morgan fingerprint density at radius 1 is 1.14 bits per heavy atom. The Hall–Kier alpha value is -0.823. The van der Waals surface area contributed by atoms with Crippen LogP contribution in [0.1, 0.15) is 25.0 Å². The average Bonchev–Trinajstić information content (AvgIpc) is 2.68. The Morgan fingerprint density at radius 2 is 1.79 bits per heavy atom. The van der Waals surface area contributed by atoms with Gasteiger partial charge in [-0.25, -0.2) is 0 Å². The zero-order valence-electron chi connectivity index (χ0n) is 9.52. The molecule has 0 N–H and O–H groups in total. The van der Waals surface area contributed by atoms with Gasteiger partial charge >= 0.3 is 0 Å². The Kier molecular flexibility index (Phi) is 2.15. The largest absolute Gasteiger partial charge is 0.0835 e. The van der Waals surface area contributed by atoms with Crippen molar-refractivity contribution in [3.8, 4) is 0 Å². The fourth-order valence-electron chi connectivity index (χ4n) is 1.89. The van der Waals surface area contributed by atoms with E-state index in [-0.39, 0.29) is 9.52 Å². The van der Waals surface area contributed by atoms with Crippen molar-refractivity contribution >= 4 is 14.7 Å². The summed E-state index contributed by atoms with van der Waals surface area (Å²) in [6.45, 7) is 9.11. The summed E-state index contributed by atoms with van der Waals surface area (Å²) < 4.78 is 0. The molecule has 0 amide bonds. The van der Waals surface area contributed by atoms with Gasteiger partial charge in [0.2, 0.25) is 0 Å². The molecule has 14 heavy (non-hydrogen) atoms. The van der Waals surface area contributed by atoms with Gasteiger partial charge in [0.05, 0.1) is 9.52 Å².